The van der Waals surface area contributed by atoms with E-state index in [4.69, 9.17) is 5.10 Å². The maximum absolute atomic E-state index is 12.2. The number of amides is 2. The maximum Gasteiger partial charge on any atom is 0.259 e. The molecule has 0 bridgehead atoms. The predicted octanol–water partition coefficient (Wildman–Crippen LogP) is 4.49. The lowest BCUT2D eigenvalue weighted by atomic mass is 10.1. The van der Waals surface area contributed by atoms with Gasteiger partial charge in [-0.15, -0.1) is 0 Å². The number of aromatic nitrogens is 2. The van der Waals surface area contributed by atoms with Gasteiger partial charge in [0.1, 0.15) is 5.69 Å². The molecule has 170 valence electrons. The van der Waals surface area contributed by atoms with Crippen molar-refractivity contribution < 1.29 is 9.59 Å². The Morgan fingerprint density at radius 3 is 2.53 bits per heavy atom. The highest BCUT2D eigenvalue weighted by Crippen LogP contribution is 2.23. The number of aryl methyl sites for hydroxylation is 1. The molecule has 0 saturated carbocycles. The number of halogens is 1. The van der Waals surface area contributed by atoms with Crippen molar-refractivity contribution in [1.82, 2.24) is 20.5 Å². The molecular weight excluding hydrogens is 494 g/mol. The SMILES string of the molecule is Cc1ccc(-c2nn(-c3ccccc3)cc2/C=N/NC(=O)CNC(=O)c2cccc(Br)c2)cc1. The number of para-hydroxylation sites is 1. The van der Waals surface area contributed by atoms with Crippen molar-refractivity contribution in [1.29, 1.82) is 0 Å². The van der Waals surface area contributed by atoms with Crippen LogP contribution >= 0.6 is 15.9 Å². The second-order valence-corrected chi connectivity index (χ2v) is 8.48. The summed E-state index contributed by atoms with van der Waals surface area (Å²) in [5.74, 6) is -0.779. The fourth-order valence-corrected chi connectivity index (χ4v) is 3.64. The highest BCUT2D eigenvalue weighted by molar-refractivity contribution is 9.10. The molecule has 0 aliphatic rings. The van der Waals surface area contributed by atoms with Crippen molar-refractivity contribution >= 4 is 34.0 Å². The molecule has 0 aliphatic heterocycles. The van der Waals surface area contributed by atoms with E-state index < -0.39 is 5.91 Å². The van der Waals surface area contributed by atoms with Crippen LogP contribution in [0, 0.1) is 6.92 Å². The van der Waals surface area contributed by atoms with Gasteiger partial charge in [-0.05, 0) is 37.3 Å². The molecule has 2 amide bonds. The minimum Gasteiger partial charge on any atom is -0.343 e. The van der Waals surface area contributed by atoms with Crippen LogP contribution in [0.1, 0.15) is 21.5 Å². The zero-order chi connectivity index (χ0) is 23.9. The smallest absolute Gasteiger partial charge is 0.259 e. The normalized spacial score (nSPS) is 10.9. The Morgan fingerprint density at radius 1 is 1.03 bits per heavy atom. The number of nitrogens with zero attached hydrogens (tertiary/aromatic N) is 3. The van der Waals surface area contributed by atoms with E-state index in [1.165, 1.54) is 0 Å². The summed E-state index contributed by atoms with van der Waals surface area (Å²) >= 11 is 3.32. The molecule has 4 aromatic rings. The minimum atomic E-state index is -0.438. The Kier molecular flexibility index (Phi) is 7.29. The molecule has 0 spiro atoms. The van der Waals surface area contributed by atoms with Gasteiger partial charge in [0.2, 0.25) is 0 Å². The van der Waals surface area contributed by atoms with Crippen molar-refractivity contribution in [3.05, 3.63) is 106 Å². The standard InChI is InChI=1S/C26H22BrN5O2/c1-18-10-12-19(13-11-18)25-21(17-32(31-25)23-8-3-2-4-9-23)15-29-30-24(33)16-28-26(34)20-6-5-7-22(27)14-20/h2-15,17H,16H2,1H3,(H,28,34)(H,30,33)/b29-15+. The summed E-state index contributed by atoms with van der Waals surface area (Å²) in [7, 11) is 0. The van der Waals surface area contributed by atoms with Gasteiger partial charge in [0, 0.05) is 27.4 Å². The van der Waals surface area contributed by atoms with Crippen LogP contribution in [0.5, 0.6) is 0 Å². The molecule has 8 heteroatoms. The average Bonchev–Trinajstić information content (AvgIpc) is 3.27. The van der Waals surface area contributed by atoms with Crippen molar-refractivity contribution in [2.24, 2.45) is 5.10 Å². The molecule has 1 aromatic heterocycles. The van der Waals surface area contributed by atoms with Crippen LogP contribution in [0.3, 0.4) is 0 Å². The highest BCUT2D eigenvalue weighted by Gasteiger charge is 2.12. The Labute approximate surface area is 205 Å². The largest absolute Gasteiger partial charge is 0.343 e. The quantitative estimate of drug-likeness (QED) is 0.280. The fraction of sp³-hybridized carbons (Fsp3) is 0.0769. The number of benzene rings is 3. The second kappa shape index (κ2) is 10.7. The van der Waals surface area contributed by atoms with E-state index in [0.717, 1.165) is 32.5 Å². The number of rotatable bonds is 7. The van der Waals surface area contributed by atoms with Crippen molar-refractivity contribution in [2.75, 3.05) is 6.54 Å². The first kappa shape index (κ1) is 23.1. The second-order valence-electron chi connectivity index (χ2n) is 7.57. The molecule has 0 atom stereocenters. The Morgan fingerprint density at radius 2 is 1.79 bits per heavy atom. The molecule has 0 fully saturated rings. The van der Waals surface area contributed by atoms with Gasteiger partial charge >= 0.3 is 0 Å². The van der Waals surface area contributed by atoms with Crippen LogP contribution in [-0.2, 0) is 4.79 Å². The third-order valence-corrected chi connectivity index (χ3v) is 5.47. The summed E-state index contributed by atoms with van der Waals surface area (Å²) in [5.41, 5.74) is 7.40. The first-order chi connectivity index (χ1) is 16.5. The van der Waals surface area contributed by atoms with Crippen LogP contribution in [0.25, 0.3) is 16.9 Å². The topological polar surface area (TPSA) is 88.4 Å². The van der Waals surface area contributed by atoms with Crippen LogP contribution in [0.2, 0.25) is 0 Å². The molecule has 0 unspecified atom stereocenters. The Balaban J connectivity index is 1.46. The molecule has 34 heavy (non-hydrogen) atoms. The summed E-state index contributed by atoms with van der Waals surface area (Å²) < 4.78 is 2.56. The Bertz CT molecular complexity index is 1330. The third kappa shape index (κ3) is 5.85. The summed E-state index contributed by atoms with van der Waals surface area (Å²) in [6.07, 6.45) is 3.41. The molecule has 0 radical (unpaired) electrons. The van der Waals surface area contributed by atoms with Gasteiger partial charge in [-0.3, -0.25) is 9.59 Å². The van der Waals surface area contributed by atoms with Gasteiger partial charge in [0.15, 0.2) is 0 Å². The van der Waals surface area contributed by atoms with Gasteiger partial charge in [-0.25, -0.2) is 10.1 Å². The van der Waals surface area contributed by atoms with Gasteiger partial charge in [-0.1, -0.05) is 70.0 Å². The summed E-state index contributed by atoms with van der Waals surface area (Å²) in [6, 6.07) is 24.7. The zero-order valence-electron chi connectivity index (χ0n) is 18.4. The van der Waals surface area contributed by atoms with E-state index in [-0.39, 0.29) is 12.5 Å². The molecule has 2 N–H and O–H groups in total. The zero-order valence-corrected chi connectivity index (χ0v) is 20.0. The van der Waals surface area contributed by atoms with Gasteiger partial charge in [-0.2, -0.15) is 10.2 Å². The van der Waals surface area contributed by atoms with Gasteiger partial charge in [0.05, 0.1) is 18.4 Å². The molecule has 3 aromatic carbocycles. The Hall–Kier alpha value is -4.04. The lowest BCUT2D eigenvalue weighted by molar-refractivity contribution is -0.120. The van der Waals surface area contributed by atoms with E-state index in [1.54, 1.807) is 29.1 Å². The van der Waals surface area contributed by atoms with E-state index in [1.807, 2.05) is 73.8 Å². The molecule has 0 saturated heterocycles. The molecule has 4 rings (SSSR count). The minimum absolute atomic E-state index is 0.198. The molecule has 7 nitrogen and oxygen atoms in total. The molecular formula is C26H22BrN5O2. The van der Waals surface area contributed by atoms with Crippen LogP contribution in [0.4, 0.5) is 0 Å². The number of hydrazone groups is 1. The van der Waals surface area contributed by atoms with Gasteiger partial charge < -0.3 is 5.32 Å². The lowest BCUT2D eigenvalue weighted by Crippen LogP contribution is -2.34. The average molecular weight is 516 g/mol. The highest BCUT2D eigenvalue weighted by atomic mass is 79.9. The number of carbonyl (C=O) groups is 2. The van der Waals surface area contributed by atoms with Crippen molar-refractivity contribution in [2.45, 2.75) is 6.92 Å². The number of hydrogen-bond donors (Lipinski definition) is 2. The lowest BCUT2D eigenvalue weighted by Gasteiger charge is -2.04. The fourth-order valence-electron chi connectivity index (χ4n) is 3.24. The van der Waals surface area contributed by atoms with Crippen molar-refractivity contribution in [3.8, 4) is 16.9 Å². The van der Waals surface area contributed by atoms with Crippen LogP contribution in [-0.4, -0.2) is 34.4 Å². The molecule has 0 aliphatic carbocycles. The molecule has 1 heterocycles. The van der Waals surface area contributed by atoms with E-state index in [2.05, 4.69) is 31.8 Å². The first-order valence-electron chi connectivity index (χ1n) is 10.6. The van der Waals surface area contributed by atoms with E-state index >= 15 is 0 Å². The van der Waals surface area contributed by atoms with Crippen LogP contribution in [0.15, 0.2) is 94.6 Å². The monoisotopic (exact) mass is 515 g/mol. The third-order valence-electron chi connectivity index (χ3n) is 4.98. The summed E-state index contributed by atoms with van der Waals surface area (Å²) in [6.45, 7) is 1.83. The number of hydrogen-bond acceptors (Lipinski definition) is 4. The summed E-state index contributed by atoms with van der Waals surface area (Å²) in [4.78, 5) is 24.4. The maximum atomic E-state index is 12.2. The van der Waals surface area contributed by atoms with Crippen LogP contribution < -0.4 is 10.7 Å². The van der Waals surface area contributed by atoms with Crippen molar-refractivity contribution in [3.63, 3.8) is 0 Å². The van der Waals surface area contributed by atoms with Gasteiger partial charge in [0.25, 0.3) is 11.8 Å². The number of carbonyl (C=O) groups excluding carboxylic acids is 2. The summed E-state index contributed by atoms with van der Waals surface area (Å²) in [5, 5.41) is 11.4. The predicted molar refractivity (Wildman–Crippen MR) is 136 cm³/mol. The van der Waals surface area contributed by atoms with E-state index in [0.29, 0.717) is 5.56 Å². The van der Waals surface area contributed by atoms with E-state index in [9.17, 15) is 9.59 Å². The number of nitrogens with one attached hydrogen (secondary N) is 2. The first-order valence-corrected chi connectivity index (χ1v) is 11.4.